The smallest absolute Gasteiger partial charge is 0.312 e. The molecule has 1 N–H and O–H groups in total. The lowest BCUT2D eigenvalue weighted by Gasteiger charge is -2.15. The predicted octanol–water partition coefficient (Wildman–Crippen LogP) is 4.47. The molecule has 0 spiro atoms. The molecule has 0 bridgehead atoms. The molecule has 0 saturated heterocycles. The first-order valence-electron chi connectivity index (χ1n) is 5.99. The number of hydrogen-bond donors (Lipinski definition) is 1. The third-order valence-corrected chi connectivity index (χ3v) is 2.53. The highest BCUT2D eigenvalue weighted by molar-refractivity contribution is 5.33. The zero-order valence-electron chi connectivity index (χ0n) is 11.0. The van der Waals surface area contributed by atoms with Crippen molar-refractivity contribution in [2.45, 2.75) is 32.7 Å². The summed E-state index contributed by atoms with van der Waals surface area (Å²) in [7, 11) is 0. The summed E-state index contributed by atoms with van der Waals surface area (Å²) < 4.78 is 75.6. The van der Waals surface area contributed by atoms with Gasteiger partial charge in [0.25, 0.3) is 0 Å². The van der Waals surface area contributed by atoms with Crippen molar-refractivity contribution in [1.29, 1.82) is 0 Å². The van der Waals surface area contributed by atoms with Crippen molar-refractivity contribution in [2.75, 3.05) is 6.54 Å². The maximum Gasteiger partial charge on any atom is 0.416 e. The van der Waals surface area contributed by atoms with Gasteiger partial charge in [0.1, 0.15) is 0 Å². The Kier molecular flexibility index (Phi) is 5.07. The van der Waals surface area contributed by atoms with Crippen LogP contribution in [0, 0.1) is 5.92 Å². The summed E-state index contributed by atoms with van der Waals surface area (Å²) in [5.41, 5.74) is -2.60. The van der Waals surface area contributed by atoms with E-state index in [4.69, 9.17) is 0 Å². The Morgan fingerprint density at radius 1 is 0.900 bits per heavy atom. The first kappa shape index (κ1) is 16.8. The standard InChI is InChI=1S/C13H15F6N/c1-8(2)6-20-7-9-3-10(12(14,15)16)5-11(4-9)13(17,18)19/h3-5,8,20H,6-7H2,1-2H3. The van der Waals surface area contributed by atoms with E-state index in [1.807, 2.05) is 13.8 Å². The molecule has 1 nitrogen and oxygen atoms in total. The van der Waals surface area contributed by atoms with Crippen LogP contribution in [0.2, 0.25) is 0 Å². The van der Waals surface area contributed by atoms with Crippen LogP contribution in [0.4, 0.5) is 26.3 Å². The molecular formula is C13H15F6N. The van der Waals surface area contributed by atoms with Crippen molar-refractivity contribution in [3.8, 4) is 0 Å². The fourth-order valence-corrected chi connectivity index (χ4v) is 1.63. The van der Waals surface area contributed by atoms with Crippen LogP contribution in [0.15, 0.2) is 18.2 Å². The van der Waals surface area contributed by atoms with Crippen molar-refractivity contribution < 1.29 is 26.3 Å². The molecule has 0 heterocycles. The van der Waals surface area contributed by atoms with Crippen LogP contribution in [-0.4, -0.2) is 6.54 Å². The Bertz CT molecular complexity index is 415. The molecule has 0 aliphatic heterocycles. The van der Waals surface area contributed by atoms with Gasteiger partial charge in [-0.1, -0.05) is 13.8 Å². The lowest BCUT2D eigenvalue weighted by atomic mass is 10.0. The summed E-state index contributed by atoms with van der Waals surface area (Å²) in [6, 6.07) is 1.61. The maximum absolute atomic E-state index is 12.6. The second-order valence-corrected chi connectivity index (χ2v) is 4.94. The van der Waals surface area contributed by atoms with Gasteiger partial charge in [-0.15, -0.1) is 0 Å². The fraction of sp³-hybridized carbons (Fsp3) is 0.538. The van der Waals surface area contributed by atoms with Gasteiger partial charge < -0.3 is 5.32 Å². The average Bonchev–Trinajstić information content (AvgIpc) is 2.25. The Balaban J connectivity index is 3.05. The number of benzene rings is 1. The number of rotatable bonds is 4. The van der Waals surface area contributed by atoms with Gasteiger partial charge in [0.2, 0.25) is 0 Å². The lowest BCUT2D eigenvalue weighted by Crippen LogP contribution is -2.20. The Morgan fingerprint density at radius 2 is 1.35 bits per heavy atom. The zero-order chi connectivity index (χ0) is 15.6. The van der Waals surface area contributed by atoms with Crippen LogP contribution in [-0.2, 0) is 18.9 Å². The molecule has 7 heteroatoms. The number of hydrogen-bond acceptors (Lipinski definition) is 1. The molecule has 0 fully saturated rings. The van der Waals surface area contributed by atoms with Crippen molar-refractivity contribution in [3.05, 3.63) is 34.9 Å². The Hall–Kier alpha value is -1.24. The molecule has 1 aromatic rings. The molecule has 0 radical (unpaired) electrons. The van der Waals surface area contributed by atoms with Crippen molar-refractivity contribution in [1.82, 2.24) is 5.32 Å². The molecule has 20 heavy (non-hydrogen) atoms. The normalized spacial score (nSPS) is 13.1. The molecule has 1 rings (SSSR count). The lowest BCUT2D eigenvalue weighted by molar-refractivity contribution is -0.143. The van der Waals surface area contributed by atoms with E-state index >= 15 is 0 Å². The van der Waals surface area contributed by atoms with Crippen LogP contribution >= 0.6 is 0 Å². The van der Waals surface area contributed by atoms with E-state index in [0.29, 0.717) is 6.54 Å². The molecule has 0 aromatic heterocycles. The third kappa shape index (κ3) is 5.03. The number of nitrogens with one attached hydrogen (secondary N) is 1. The van der Waals surface area contributed by atoms with Crippen LogP contribution < -0.4 is 5.32 Å². The van der Waals surface area contributed by atoms with E-state index in [0.717, 1.165) is 12.1 Å². The Labute approximate surface area is 113 Å². The van der Waals surface area contributed by atoms with Crippen LogP contribution in [0.3, 0.4) is 0 Å². The number of alkyl halides is 6. The van der Waals surface area contributed by atoms with E-state index in [1.54, 1.807) is 0 Å². The summed E-state index contributed by atoms with van der Waals surface area (Å²) in [5.74, 6) is 0.253. The van der Waals surface area contributed by atoms with E-state index in [1.165, 1.54) is 0 Å². The first-order chi connectivity index (χ1) is 9.00. The maximum atomic E-state index is 12.6. The SMILES string of the molecule is CC(C)CNCc1cc(C(F)(F)F)cc(C(F)(F)F)c1. The highest BCUT2D eigenvalue weighted by Crippen LogP contribution is 2.36. The molecule has 0 aliphatic carbocycles. The van der Waals surface area contributed by atoms with Gasteiger partial charge in [0.15, 0.2) is 0 Å². The largest absolute Gasteiger partial charge is 0.416 e. The summed E-state index contributed by atoms with van der Waals surface area (Å²) in [6.45, 7) is 4.25. The van der Waals surface area contributed by atoms with Crippen LogP contribution in [0.1, 0.15) is 30.5 Å². The topological polar surface area (TPSA) is 12.0 Å². The predicted molar refractivity (Wildman–Crippen MR) is 63.0 cm³/mol. The van der Waals surface area contributed by atoms with Crippen LogP contribution in [0.25, 0.3) is 0 Å². The summed E-state index contributed by atoms with van der Waals surface area (Å²) in [4.78, 5) is 0. The summed E-state index contributed by atoms with van der Waals surface area (Å²) in [6.07, 6.45) is -9.60. The van der Waals surface area contributed by atoms with E-state index in [-0.39, 0.29) is 24.1 Å². The summed E-state index contributed by atoms with van der Waals surface area (Å²) in [5, 5.41) is 2.82. The van der Waals surface area contributed by atoms with Crippen molar-refractivity contribution >= 4 is 0 Å². The molecule has 0 amide bonds. The zero-order valence-corrected chi connectivity index (χ0v) is 11.0. The van der Waals surface area contributed by atoms with Crippen molar-refractivity contribution in [3.63, 3.8) is 0 Å². The fourth-order valence-electron chi connectivity index (χ4n) is 1.63. The van der Waals surface area contributed by atoms with Gasteiger partial charge in [-0.05, 0) is 36.2 Å². The highest BCUT2D eigenvalue weighted by atomic mass is 19.4. The van der Waals surface area contributed by atoms with Gasteiger partial charge >= 0.3 is 12.4 Å². The quantitative estimate of drug-likeness (QED) is 0.809. The van der Waals surface area contributed by atoms with E-state index in [9.17, 15) is 26.3 Å². The third-order valence-electron chi connectivity index (χ3n) is 2.53. The minimum Gasteiger partial charge on any atom is -0.312 e. The molecular weight excluding hydrogens is 284 g/mol. The summed E-state index contributed by atoms with van der Waals surface area (Å²) >= 11 is 0. The first-order valence-corrected chi connectivity index (χ1v) is 5.99. The van der Waals surface area contributed by atoms with Gasteiger partial charge in [0, 0.05) is 6.54 Å². The molecule has 0 unspecified atom stereocenters. The van der Waals surface area contributed by atoms with Crippen LogP contribution in [0.5, 0.6) is 0 Å². The van der Waals surface area contributed by atoms with E-state index < -0.39 is 23.5 Å². The van der Waals surface area contributed by atoms with Gasteiger partial charge in [-0.2, -0.15) is 26.3 Å². The molecule has 0 saturated carbocycles. The Morgan fingerprint density at radius 3 is 1.70 bits per heavy atom. The minimum absolute atomic E-state index is 0.0344. The van der Waals surface area contributed by atoms with Gasteiger partial charge in [-0.25, -0.2) is 0 Å². The van der Waals surface area contributed by atoms with Crippen molar-refractivity contribution in [2.24, 2.45) is 5.92 Å². The molecule has 0 atom stereocenters. The average molecular weight is 299 g/mol. The highest BCUT2D eigenvalue weighted by Gasteiger charge is 2.36. The number of halogens is 6. The minimum atomic E-state index is -4.80. The van der Waals surface area contributed by atoms with Gasteiger partial charge in [0.05, 0.1) is 11.1 Å². The molecule has 0 aliphatic rings. The van der Waals surface area contributed by atoms with Gasteiger partial charge in [-0.3, -0.25) is 0 Å². The second-order valence-electron chi connectivity index (χ2n) is 4.94. The second kappa shape index (κ2) is 6.03. The monoisotopic (exact) mass is 299 g/mol. The molecule has 1 aromatic carbocycles. The molecule has 114 valence electrons. The van der Waals surface area contributed by atoms with E-state index in [2.05, 4.69) is 5.32 Å².